The molecule has 0 unspecified atom stereocenters. The van der Waals surface area contributed by atoms with Gasteiger partial charge in [0.25, 0.3) is 0 Å². The molecular weight excluding hydrogens is 428 g/mol. The molecule has 2 nitrogen and oxygen atoms in total. The summed E-state index contributed by atoms with van der Waals surface area (Å²) in [5, 5.41) is 22.2. The van der Waals surface area contributed by atoms with Crippen LogP contribution in [0.15, 0.2) is 0 Å². The van der Waals surface area contributed by atoms with Gasteiger partial charge >= 0.3 is 0 Å². The molecule has 5 saturated carbocycles. The lowest BCUT2D eigenvalue weighted by Crippen LogP contribution is -2.55. The lowest BCUT2D eigenvalue weighted by atomic mass is 9.43. The number of rotatable bonds is 5. The summed E-state index contributed by atoms with van der Waals surface area (Å²) in [7, 11) is 0. The zero-order valence-corrected chi connectivity index (χ0v) is 24.2. The standard InChI is InChI=1S/C33H58O2/c1-7-29(3)16-20-33(35,21-17-29)15-12-23(2)26-10-11-27-25-9-8-24-22-30(4,34)18-19-31(24,5)28(25)13-14-32(26,27)6/h23-28,34-35H,7-22H2,1-6H3/t23-,24+,25+,26-,27+,28+,29?,30+,31+,32-,33?/m1/s1. The average molecular weight is 487 g/mol. The summed E-state index contributed by atoms with van der Waals surface area (Å²) in [6.07, 6.45) is 19.7. The highest BCUT2D eigenvalue weighted by Gasteiger charge is 2.61. The summed E-state index contributed by atoms with van der Waals surface area (Å²) >= 11 is 0. The van der Waals surface area contributed by atoms with Crippen molar-refractivity contribution in [1.29, 1.82) is 0 Å². The Morgan fingerprint density at radius 3 is 2.11 bits per heavy atom. The van der Waals surface area contributed by atoms with Crippen molar-refractivity contribution < 1.29 is 10.2 Å². The van der Waals surface area contributed by atoms with Crippen molar-refractivity contribution in [2.24, 2.45) is 51.8 Å². The van der Waals surface area contributed by atoms with Crippen LogP contribution in [-0.4, -0.2) is 21.4 Å². The van der Waals surface area contributed by atoms with Gasteiger partial charge in [-0.25, -0.2) is 0 Å². The van der Waals surface area contributed by atoms with Crippen molar-refractivity contribution in [2.45, 2.75) is 155 Å². The van der Waals surface area contributed by atoms with Crippen LogP contribution < -0.4 is 0 Å². The van der Waals surface area contributed by atoms with Crippen molar-refractivity contribution in [3.63, 3.8) is 0 Å². The Morgan fingerprint density at radius 2 is 1.43 bits per heavy atom. The lowest BCUT2D eigenvalue weighted by molar-refractivity contribution is -0.148. The third-order valence-corrected chi connectivity index (χ3v) is 14.0. The second-order valence-electron chi connectivity index (χ2n) is 16.0. The molecule has 0 aliphatic heterocycles. The second kappa shape index (κ2) is 9.00. The quantitative estimate of drug-likeness (QED) is 0.409. The Kier molecular flexibility index (Phi) is 6.82. The first-order chi connectivity index (χ1) is 16.3. The Morgan fingerprint density at radius 1 is 0.743 bits per heavy atom. The third-order valence-electron chi connectivity index (χ3n) is 14.0. The van der Waals surface area contributed by atoms with Gasteiger partial charge < -0.3 is 10.2 Å². The first kappa shape index (κ1) is 26.5. The maximum absolute atomic E-state index is 11.4. The first-order valence-corrected chi connectivity index (χ1v) is 15.8. The minimum Gasteiger partial charge on any atom is -0.390 e. The van der Waals surface area contributed by atoms with Crippen molar-refractivity contribution in [2.75, 3.05) is 0 Å². The molecule has 0 heterocycles. The summed E-state index contributed by atoms with van der Waals surface area (Å²) in [5.74, 6) is 5.04. The van der Waals surface area contributed by atoms with Crippen LogP contribution in [-0.2, 0) is 0 Å². The number of aliphatic hydroxyl groups is 2. The summed E-state index contributed by atoms with van der Waals surface area (Å²) in [6.45, 7) is 14.7. The van der Waals surface area contributed by atoms with Gasteiger partial charge in [-0.15, -0.1) is 0 Å². The fourth-order valence-corrected chi connectivity index (χ4v) is 11.0. The van der Waals surface area contributed by atoms with E-state index >= 15 is 0 Å². The Labute approximate surface area is 217 Å². The van der Waals surface area contributed by atoms with Gasteiger partial charge in [0.1, 0.15) is 0 Å². The zero-order valence-electron chi connectivity index (χ0n) is 24.2. The van der Waals surface area contributed by atoms with E-state index in [4.69, 9.17) is 0 Å². The highest BCUT2D eigenvalue weighted by molar-refractivity contribution is 5.10. The second-order valence-corrected chi connectivity index (χ2v) is 16.0. The number of hydrogen-bond donors (Lipinski definition) is 2. The van der Waals surface area contributed by atoms with E-state index in [1.165, 1.54) is 70.6 Å². The summed E-state index contributed by atoms with van der Waals surface area (Å²) in [4.78, 5) is 0. The van der Waals surface area contributed by atoms with Crippen LogP contribution >= 0.6 is 0 Å². The molecule has 5 fully saturated rings. The van der Waals surface area contributed by atoms with Gasteiger partial charge in [0.15, 0.2) is 0 Å². The van der Waals surface area contributed by atoms with Crippen molar-refractivity contribution in [3.8, 4) is 0 Å². The molecule has 0 radical (unpaired) electrons. The topological polar surface area (TPSA) is 40.5 Å². The highest BCUT2D eigenvalue weighted by atomic mass is 16.3. The zero-order chi connectivity index (χ0) is 25.3. The van der Waals surface area contributed by atoms with Gasteiger partial charge in [0.05, 0.1) is 11.2 Å². The van der Waals surface area contributed by atoms with E-state index < -0.39 is 11.2 Å². The number of fused-ring (bicyclic) bond motifs is 5. The van der Waals surface area contributed by atoms with Crippen molar-refractivity contribution in [3.05, 3.63) is 0 Å². The molecule has 2 N–H and O–H groups in total. The normalized spacial score (nSPS) is 55.0. The van der Waals surface area contributed by atoms with Gasteiger partial charge in [0.2, 0.25) is 0 Å². The molecule has 35 heavy (non-hydrogen) atoms. The summed E-state index contributed by atoms with van der Waals surface area (Å²) in [6, 6.07) is 0. The first-order valence-electron chi connectivity index (χ1n) is 15.8. The van der Waals surface area contributed by atoms with Crippen LogP contribution in [0.1, 0.15) is 144 Å². The molecule has 5 aliphatic carbocycles. The van der Waals surface area contributed by atoms with E-state index in [0.29, 0.717) is 16.2 Å². The maximum atomic E-state index is 11.4. The van der Waals surface area contributed by atoms with Gasteiger partial charge in [-0.1, -0.05) is 41.0 Å². The smallest absolute Gasteiger partial charge is 0.0648 e. The Balaban J connectivity index is 1.23. The SMILES string of the molecule is CCC1(C)CCC(O)(CC[C@@H](C)[C@H]2CC[C@H]3[C@@H]4CC[C@H]5C[C@@](C)(O)CC[C@]5(C)[C@H]4CC[C@]23C)CC1. The van der Waals surface area contributed by atoms with E-state index in [0.717, 1.165) is 67.6 Å². The molecule has 2 heteroatoms. The molecule has 5 rings (SSSR count). The van der Waals surface area contributed by atoms with Crippen LogP contribution in [0.5, 0.6) is 0 Å². The van der Waals surface area contributed by atoms with Crippen LogP contribution in [0.4, 0.5) is 0 Å². The van der Waals surface area contributed by atoms with Gasteiger partial charge in [-0.2, -0.15) is 0 Å². The largest absolute Gasteiger partial charge is 0.390 e. The maximum Gasteiger partial charge on any atom is 0.0648 e. The molecule has 0 aromatic carbocycles. The van der Waals surface area contributed by atoms with Crippen LogP contribution in [0.25, 0.3) is 0 Å². The molecular formula is C33H58O2. The molecule has 202 valence electrons. The predicted octanol–water partition coefficient (Wildman–Crippen LogP) is 8.53. The molecule has 0 bridgehead atoms. The minimum absolute atomic E-state index is 0.394. The van der Waals surface area contributed by atoms with E-state index in [1.54, 1.807) is 0 Å². The molecule has 0 saturated heterocycles. The average Bonchev–Trinajstić information content (AvgIpc) is 3.17. The fraction of sp³-hybridized carbons (Fsp3) is 1.00. The molecule has 0 spiro atoms. The summed E-state index contributed by atoms with van der Waals surface area (Å²) in [5.41, 5.74) is 0.625. The monoisotopic (exact) mass is 486 g/mol. The summed E-state index contributed by atoms with van der Waals surface area (Å²) < 4.78 is 0. The molecule has 0 amide bonds. The fourth-order valence-electron chi connectivity index (χ4n) is 11.0. The van der Waals surface area contributed by atoms with Gasteiger partial charge in [0, 0.05) is 0 Å². The number of hydrogen-bond acceptors (Lipinski definition) is 2. The highest BCUT2D eigenvalue weighted by Crippen LogP contribution is 2.69. The van der Waals surface area contributed by atoms with Gasteiger partial charge in [-0.05, 0) is 155 Å². The van der Waals surface area contributed by atoms with Gasteiger partial charge in [-0.3, -0.25) is 0 Å². The molecule has 9 atom stereocenters. The lowest BCUT2D eigenvalue weighted by Gasteiger charge is -2.62. The van der Waals surface area contributed by atoms with Crippen LogP contribution in [0.2, 0.25) is 0 Å². The van der Waals surface area contributed by atoms with Crippen LogP contribution in [0, 0.1) is 51.8 Å². The molecule has 0 aromatic heterocycles. The van der Waals surface area contributed by atoms with E-state index in [-0.39, 0.29) is 0 Å². The minimum atomic E-state index is -0.425. The van der Waals surface area contributed by atoms with E-state index in [9.17, 15) is 10.2 Å². The van der Waals surface area contributed by atoms with Crippen molar-refractivity contribution >= 4 is 0 Å². The molecule has 5 aliphatic rings. The van der Waals surface area contributed by atoms with Crippen LogP contribution in [0.3, 0.4) is 0 Å². The third kappa shape index (κ3) is 4.57. The van der Waals surface area contributed by atoms with E-state index in [1.807, 2.05) is 0 Å². The van der Waals surface area contributed by atoms with E-state index in [2.05, 4.69) is 41.5 Å². The predicted molar refractivity (Wildman–Crippen MR) is 146 cm³/mol. The Bertz CT molecular complexity index is 763. The Hall–Kier alpha value is -0.0800. The molecule has 0 aromatic rings. The van der Waals surface area contributed by atoms with Crippen molar-refractivity contribution in [1.82, 2.24) is 0 Å².